The summed E-state index contributed by atoms with van der Waals surface area (Å²) in [5.74, 6) is 2.62. The van der Waals surface area contributed by atoms with Crippen LogP contribution in [0.1, 0.15) is 26.6 Å². The van der Waals surface area contributed by atoms with Gasteiger partial charge in [-0.2, -0.15) is 4.98 Å². The summed E-state index contributed by atoms with van der Waals surface area (Å²) in [6, 6.07) is 3.72. The molecule has 0 aliphatic rings. The van der Waals surface area contributed by atoms with Gasteiger partial charge in [-0.05, 0) is 11.5 Å². The number of hydrogen-bond donors (Lipinski definition) is 0. The maximum atomic E-state index is 5.95. The van der Waals surface area contributed by atoms with E-state index in [1.807, 2.05) is 12.1 Å². The Morgan fingerprint density at radius 2 is 1.68 bits per heavy atom. The SMILES string of the molecule is COc1cc2nc(CI)nc(OCC(C)(C)C)c2cc1OC. The van der Waals surface area contributed by atoms with Crippen LogP contribution in [-0.4, -0.2) is 30.8 Å². The third kappa shape index (κ3) is 3.91. The highest BCUT2D eigenvalue weighted by molar-refractivity contribution is 14.1. The molecule has 0 bridgehead atoms. The smallest absolute Gasteiger partial charge is 0.224 e. The summed E-state index contributed by atoms with van der Waals surface area (Å²) < 4.78 is 17.4. The minimum atomic E-state index is 0.0539. The maximum Gasteiger partial charge on any atom is 0.224 e. The summed E-state index contributed by atoms with van der Waals surface area (Å²) in [5.41, 5.74) is 0.849. The van der Waals surface area contributed by atoms with Crippen LogP contribution in [0.25, 0.3) is 10.9 Å². The topological polar surface area (TPSA) is 53.5 Å². The molecule has 120 valence electrons. The molecule has 22 heavy (non-hydrogen) atoms. The lowest BCUT2D eigenvalue weighted by Crippen LogP contribution is -2.18. The van der Waals surface area contributed by atoms with Crippen molar-refractivity contribution < 1.29 is 14.2 Å². The average molecular weight is 416 g/mol. The molecule has 0 N–H and O–H groups in total. The van der Waals surface area contributed by atoms with E-state index in [1.165, 1.54) is 0 Å². The van der Waals surface area contributed by atoms with E-state index in [0.29, 0.717) is 28.4 Å². The molecule has 6 heteroatoms. The van der Waals surface area contributed by atoms with Crippen LogP contribution in [0.3, 0.4) is 0 Å². The molecule has 2 aromatic rings. The fourth-order valence-corrected chi connectivity index (χ4v) is 2.27. The molecule has 1 heterocycles. The Hall–Kier alpha value is -1.31. The van der Waals surface area contributed by atoms with Crippen molar-refractivity contribution >= 4 is 33.5 Å². The van der Waals surface area contributed by atoms with Crippen molar-refractivity contribution in [1.82, 2.24) is 9.97 Å². The van der Waals surface area contributed by atoms with Crippen molar-refractivity contribution in [2.24, 2.45) is 5.41 Å². The van der Waals surface area contributed by atoms with Gasteiger partial charge in [0, 0.05) is 6.07 Å². The molecule has 1 aromatic carbocycles. The first-order valence-electron chi connectivity index (χ1n) is 6.99. The molecule has 5 nitrogen and oxygen atoms in total. The Labute approximate surface area is 144 Å². The number of fused-ring (bicyclic) bond motifs is 1. The first-order chi connectivity index (χ1) is 10.4. The lowest BCUT2D eigenvalue weighted by molar-refractivity contribution is 0.193. The van der Waals surface area contributed by atoms with Gasteiger partial charge in [-0.1, -0.05) is 43.4 Å². The lowest BCUT2D eigenvalue weighted by Gasteiger charge is -2.19. The number of hydrogen-bond acceptors (Lipinski definition) is 5. The van der Waals surface area contributed by atoms with Gasteiger partial charge < -0.3 is 14.2 Å². The van der Waals surface area contributed by atoms with Crippen LogP contribution in [0, 0.1) is 5.41 Å². The Bertz CT molecular complexity index is 668. The molecule has 0 aliphatic carbocycles. The fraction of sp³-hybridized carbons (Fsp3) is 0.500. The van der Waals surface area contributed by atoms with Gasteiger partial charge in [0.15, 0.2) is 11.5 Å². The van der Waals surface area contributed by atoms with E-state index in [0.717, 1.165) is 16.7 Å². The highest BCUT2D eigenvalue weighted by atomic mass is 127. The molecule has 0 saturated heterocycles. The van der Waals surface area contributed by atoms with Crippen LogP contribution in [0.4, 0.5) is 0 Å². The molecule has 0 fully saturated rings. The number of ether oxygens (including phenoxy) is 3. The Balaban J connectivity index is 2.56. The second-order valence-corrected chi connectivity index (χ2v) is 6.92. The van der Waals surface area contributed by atoms with E-state index in [4.69, 9.17) is 14.2 Å². The average Bonchev–Trinajstić information content (AvgIpc) is 2.49. The van der Waals surface area contributed by atoms with Crippen LogP contribution >= 0.6 is 22.6 Å². The second kappa shape index (κ2) is 6.85. The monoisotopic (exact) mass is 416 g/mol. The molecule has 0 amide bonds. The zero-order valence-electron chi connectivity index (χ0n) is 13.6. The van der Waals surface area contributed by atoms with E-state index in [9.17, 15) is 0 Å². The second-order valence-electron chi connectivity index (χ2n) is 6.15. The van der Waals surface area contributed by atoms with E-state index in [-0.39, 0.29) is 5.41 Å². The minimum Gasteiger partial charge on any atom is -0.493 e. The van der Waals surface area contributed by atoms with Crippen molar-refractivity contribution in [1.29, 1.82) is 0 Å². The first-order valence-corrected chi connectivity index (χ1v) is 8.52. The van der Waals surface area contributed by atoms with Crippen molar-refractivity contribution in [2.75, 3.05) is 20.8 Å². The van der Waals surface area contributed by atoms with E-state index in [1.54, 1.807) is 14.2 Å². The highest BCUT2D eigenvalue weighted by Gasteiger charge is 2.17. The number of rotatable bonds is 5. The third-order valence-corrected chi connectivity index (χ3v) is 3.66. The number of alkyl halides is 1. The largest absolute Gasteiger partial charge is 0.493 e. The zero-order chi connectivity index (χ0) is 16.3. The molecule has 1 aromatic heterocycles. The van der Waals surface area contributed by atoms with Gasteiger partial charge in [0.2, 0.25) is 5.88 Å². The van der Waals surface area contributed by atoms with Crippen LogP contribution < -0.4 is 14.2 Å². The summed E-state index contributed by atoms with van der Waals surface area (Å²) in [6.07, 6.45) is 0. The molecule has 0 unspecified atom stereocenters. The van der Waals surface area contributed by atoms with Gasteiger partial charge in [-0.25, -0.2) is 4.98 Å². The van der Waals surface area contributed by atoms with Gasteiger partial charge in [-0.3, -0.25) is 0 Å². The first kappa shape index (κ1) is 17.1. The molecule has 0 saturated carbocycles. The van der Waals surface area contributed by atoms with Gasteiger partial charge in [-0.15, -0.1) is 0 Å². The quantitative estimate of drug-likeness (QED) is 0.545. The molecule has 2 rings (SSSR count). The van der Waals surface area contributed by atoms with Crippen LogP contribution in [-0.2, 0) is 4.43 Å². The minimum absolute atomic E-state index is 0.0539. The van der Waals surface area contributed by atoms with Gasteiger partial charge in [0.1, 0.15) is 5.82 Å². The van der Waals surface area contributed by atoms with Crippen molar-refractivity contribution in [3.05, 3.63) is 18.0 Å². The van der Waals surface area contributed by atoms with Crippen molar-refractivity contribution in [3.63, 3.8) is 0 Å². The summed E-state index contributed by atoms with van der Waals surface area (Å²) in [7, 11) is 3.22. The number of nitrogens with zero attached hydrogens (tertiary/aromatic N) is 2. The van der Waals surface area contributed by atoms with Crippen LogP contribution in [0.2, 0.25) is 0 Å². The Morgan fingerprint density at radius 1 is 1.05 bits per heavy atom. The lowest BCUT2D eigenvalue weighted by atomic mass is 9.99. The van der Waals surface area contributed by atoms with Gasteiger partial charge >= 0.3 is 0 Å². The van der Waals surface area contributed by atoms with E-state index in [2.05, 4.69) is 53.3 Å². The molecular weight excluding hydrogens is 395 g/mol. The van der Waals surface area contributed by atoms with E-state index < -0.39 is 0 Å². The Kier molecular flexibility index (Phi) is 5.31. The standard InChI is InChI=1S/C16H21IN2O3/c1-16(2,3)9-22-15-10-6-12(20-4)13(21-5)7-11(10)18-14(8-17)19-15/h6-7H,8-9H2,1-5H3. The predicted octanol–water partition coefficient (Wildman–Crippen LogP) is 4.01. The predicted molar refractivity (Wildman–Crippen MR) is 95.3 cm³/mol. The fourth-order valence-electron chi connectivity index (χ4n) is 1.93. The highest BCUT2D eigenvalue weighted by Crippen LogP contribution is 2.35. The third-order valence-electron chi connectivity index (χ3n) is 2.97. The summed E-state index contributed by atoms with van der Waals surface area (Å²) in [4.78, 5) is 9.06. The molecule has 0 atom stereocenters. The summed E-state index contributed by atoms with van der Waals surface area (Å²) in [6.45, 7) is 6.95. The Morgan fingerprint density at radius 3 is 2.23 bits per heavy atom. The van der Waals surface area contributed by atoms with Crippen LogP contribution in [0.15, 0.2) is 12.1 Å². The molecular formula is C16H21IN2O3. The number of halogens is 1. The number of aromatic nitrogens is 2. The van der Waals surface area contributed by atoms with Crippen LogP contribution in [0.5, 0.6) is 17.4 Å². The molecule has 0 radical (unpaired) electrons. The normalized spacial score (nSPS) is 11.5. The molecule has 0 aliphatic heterocycles. The zero-order valence-corrected chi connectivity index (χ0v) is 15.7. The van der Waals surface area contributed by atoms with Crippen molar-refractivity contribution in [2.45, 2.75) is 25.2 Å². The van der Waals surface area contributed by atoms with Crippen molar-refractivity contribution in [3.8, 4) is 17.4 Å². The summed E-state index contributed by atoms with van der Waals surface area (Å²) in [5, 5.41) is 0.829. The number of benzene rings is 1. The van der Waals surface area contributed by atoms with E-state index >= 15 is 0 Å². The van der Waals surface area contributed by atoms with Gasteiger partial charge in [0.05, 0.1) is 36.2 Å². The number of methoxy groups -OCH3 is 2. The molecule has 0 spiro atoms. The van der Waals surface area contributed by atoms with Gasteiger partial charge in [0.25, 0.3) is 0 Å². The summed E-state index contributed by atoms with van der Waals surface area (Å²) >= 11 is 2.24. The maximum absolute atomic E-state index is 5.95.